The van der Waals surface area contributed by atoms with Gasteiger partial charge in [-0.15, -0.1) is 0 Å². The number of halogens is 1. The van der Waals surface area contributed by atoms with Crippen molar-refractivity contribution in [1.82, 2.24) is 0 Å². The number of fused-ring (bicyclic) bond motifs is 1. The van der Waals surface area contributed by atoms with Crippen molar-refractivity contribution in [3.63, 3.8) is 0 Å². The number of amides is 2. The fourth-order valence-electron chi connectivity index (χ4n) is 2.91. The number of rotatable bonds is 1. The number of aryl methyl sites for hydroxylation is 1. The van der Waals surface area contributed by atoms with Gasteiger partial charge >= 0.3 is 0 Å². The van der Waals surface area contributed by atoms with Crippen LogP contribution in [0.15, 0.2) is 34.8 Å². The smallest absolute Gasteiger partial charge is 0.238 e. The number of anilines is 1. The standard InChI is InChI=1S/C15H14BrNO2/c1-9-8-10(16)6-7-13(9)17-14(18)11-4-2-3-5-12(11)15(17)19/h2-3,6-8,11-12H,4-5H2,1H3/t11-,12-/m1/s1. The highest BCUT2D eigenvalue weighted by Crippen LogP contribution is 2.38. The molecule has 2 atom stereocenters. The molecule has 2 amide bonds. The van der Waals surface area contributed by atoms with Crippen molar-refractivity contribution in [2.24, 2.45) is 11.8 Å². The number of allylic oxidation sites excluding steroid dienone is 2. The van der Waals surface area contributed by atoms with Crippen LogP contribution in [0.5, 0.6) is 0 Å². The lowest BCUT2D eigenvalue weighted by Crippen LogP contribution is -2.31. The highest BCUT2D eigenvalue weighted by atomic mass is 79.9. The second-order valence-electron chi connectivity index (χ2n) is 5.10. The van der Waals surface area contributed by atoms with Crippen LogP contribution in [-0.4, -0.2) is 11.8 Å². The maximum absolute atomic E-state index is 12.4. The van der Waals surface area contributed by atoms with Gasteiger partial charge in [-0.2, -0.15) is 0 Å². The third-order valence-corrected chi connectivity index (χ3v) is 4.40. The number of hydrogen-bond donors (Lipinski definition) is 0. The lowest BCUT2D eigenvalue weighted by molar-refractivity contribution is -0.122. The second kappa shape index (κ2) is 4.60. The van der Waals surface area contributed by atoms with E-state index >= 15 is 0 Å². The minimum absolute atomic E-state index is 0.0511. The lowest BCUT2D eigenvalue weighted by Gasteiger charge is -2.17. The average Bonchev–Trinajstić information content (AvgIpc) is 2.64. The number of carbonyl (C=O) groups is 2. The summed E-state index contributed by atoms with van der Waals surface area (Å²) in [5.41, 5.74) is 1.65. The van der Waals surface area contributed by atoms with Gasteiger partial charge in [0.2, 0.25) is 11.8 Å². The van der Waals surface area contributed by atoms with E-state index in [-0.39, 0.29) is 23.7 Å². The number of benzene rings is 1. The van der Waals surface area contributed by atoms with Crippen LogP contribution >= 0.6 is 15.9 Å². The summed E-state index contributed by atoms with van der Waals surface area (Å²) in [5.74, 6) is -0.435. The van der Waals surface area contributed by atoms with E-state index in [0.29, 0.717) is 18.5 Å². The van der Waals surface area contributed by atoms with E-state index < -0.39 is 0 Å². The maximum atomic E-state index is 12.4. The molecule has 1 saturated heterocycles. The van der Waals surface area contributed by atoms with Crippen LogP contribution in [-0.2, 0) is 9.59 Å². The summed E-state index contributed by atoms with van der Waals surface area (Å²) < 4.78 is 0.951. The number of hydrogen-bond acceptors (Lipinski definition) is 2. The first-order chi connectivity index (χ1) is 9.09. The summed E-state index contributed by atoms with van der Waals surface area (Å²) in [6, 6.07) is 5.62. The summed E-state index contributed by atoms with van der Waals surface area (Å²) in [4.78, 5) is 26.3. The number of imide groups is 1. The minimum atomic E-state index is -0.166. The SMILES string of the molecule is Cc1cc(Br)ccc1N1C(=O)[C@@H]2CC=CC[C@H]2C1=O. The van der Waals surface area contributed by atoms with Crippen LogP contribution < -0.4 is 4.90 Å². The molecule has 98 valence electrons. The topological polar surface area (TPSA) is 37.4 Å². The second-order valence-corrected chi connectivity index (χ2v) is 6.01. The Balaban J connectivity index is 2.02. The van der Waals surface area contributed by atoms with Crippen LogP contribution in [0.2, 0.25) is 0 Å². The van der Waals surface area contributed by atoms with Gasteiger partial charge in [0.1, 0.15) is 0 Å². The molecule has 2 aliphatic rings. The molecule has 0 unspecified atom stereocenters. The van der Waals surface area contributed by atoms with Gasteiger partial charge in [0, 0.05) is 4.47 Å². The normalized spacial score (nSPS) is 25.9. The molecule has 0 radical (unpaired) electrons. The highest BCUT2D eigenvalue weighted by molar-refractivity contribution is 9.10. The third-order valence-electron chi connectivity index (χ3n) is 3.91. The molecule has 19 heavy (non-hydrogen) atoms. The van der Waals surface area contributed by atoms with Gasteiger partial charge in [-0.3, -0.25) is 9.59 Å². The first-order valence-electron chi connectivity index (χ1n) is 6.38. The van der Waals surface area contributed by atoms with E-state index in [4.69, 9.17) is 0 Å². The summed E-state index contributed by atoms with van der Waals surface area (Å²) in [6.07, 6.45) is 5.37. The van der Waals surface area contributed by atoms with Gasteiger partial charge in [-0.1, -0.05) is 28.1 Å². The molecule has 0 N–H and O–H groups in total. The summed E-state index contributed by atoms with van der Waals surface area (Å²) in [6.45, 7) is 1.92. The van der Waals surface area contributed by atoms with Crippen molar-refractivity contribution in [2.75, 3.05) is 4.90 Å². The van der Waals surface area contributed by atoms with Crippen molar-refractivity contribution in [1.29, 1.82) is 0 Å². The Labute approximate surface area is 120 Å². The van der Waals surface area contributed by atoms with Crippen LogP contribution in [0.1, 0.15) is 18.4 Å². The van der Waals surface area contributed by atoms with Crippen LogP contribution in [0, 0.1) is 18.8 Å². The molecular weight excluding hydrogens is 306 g/mol. The fourth-order valence-corrected chi connectivity index (χ4v) is 3.38. The highest BCUT2D eigenvalue weighted by Gasteiger charge is 2.48. The molecule has 0 aromatic heterocycles. The fraction of sp³-hybridized carbons (Fsp3) is 0.333. The average molecular weight is 320 g/mol. The molecule has 3 rings (SSSR count). The molecule has 4 heteroatoms. The van der Waals surface area contributed by atoms with Crippen molar-refractivity contribution in [3.05, 3.63) is 40.4 Å². The lowest BCUT2D eigenvalue weighted by atomic mass is 9.85. The Hall–Kier alpha value is -1.42. The van der Waals surface area contributed by atoms with E-state index in [9.17, 15) is 9.59 Å². The van der Waals surface area contributed by atoms with Crippen molar-refractivity contribution in [3.8, 4) is 0 Å². The minimum Gasteiger partial charge on any atom is -0.274 e. The summed E-state index contributed by atoms with van der Waals surface area (Å²) in [7, 11) is 0. The zero-order valence-electron chi connectivity index (χ0n) is 10.6. The molecule has 1 aliphatic carbocycles. The monoisotopic (exact) mass is 319 g/mol. The molecule has 1 fully saturated rings. The first kappa shape index (κ1) is 12.6. The molecule has 0 saturated carbocycles. The molecule has 0 bridgehead atoms. The molecule has 1 aromatic rings. The Morgan fingerprint density at radius 2 is 1.68 bits per heavy atom. The van der Waals surface area contributed by atoms with Gasteiger partial charge in [0.15, 0.2) is 0 Å². The Bertz CT molecular complexity index is 568. The molecule has 0 spiro atoms. The summed E-state index contributed by atoms with van der Waals surface area (Å²) in [5, 5.41) is 0. The van der Waals surface area contributed by atoms with Crippen LogP contribution in [0.25, 0.3) is 0 Å². The van der Waals surface area contributed by atoms with Gasteiger partial charge in [0.05, 0.1) is 17.5 Å². The predicted octanol–water partition coefficient (Wildman–Crippen LogP) is 3.21. The number of nitrogens with zero attached hydrogens (tertiary/aromatic N) is 1. The Kier molecular flexibility index (Phi) is 3.05. The zero-order valence-corrected chi connectivity index (χ0v) is 12.2. The molecular formula is C15H14BrNO2. The number of carbonyl (C=O) groups excluding carboxylic acids is 2. The molecule has 3 nitrogen and oxygen atoms in total. The first-order valence-corrected chi connectivity index (χ1v) is 7.18. The molecule has 1 aromatic carbocycles. The maximum Gasteiger partial charge on any atom is 0.238 e. The van der Waals surface area contributed by atoms with E-state index in [2.05, 4.69) is 15.9 Å². The van der Waals surface area contributed by atoms with Gasteiger partial charge in [-0.25, -0.2) is 4.90 Å². The van der Waals surface area contributed by atoms with Crippen LogP contribution in [0.4, 0.5) is 5.69 Å². The van der Waals surface area contributed by atoms with Crippen molar-refractivity contribution in [2.45, 2.75) is 19.8 Å². The van der Waals surface area contributed by atoms with Crippen molar-refractivity contribution < 1.29 is 9.59 Å². The van der Waals surface area contributed by atoms with E-state index in [1.165, 1.54) is 4.90 Å². The van der Waals surface area contributed by atoms with E-state index in [1.807, 2.05) is 37.3 Å². The molecule has 1 heterocycles. The Morgan fingerprint density at radius 1 is 1.11 bits per heavy atom. The van der Waals surface area contributed by atoms with E-state index in [1.54, 1.807) is 0 Å². The molecule has 1 aliphatic heterocycles. The third kappa shape index (κ3) is 1.94. The van der Waals surface area contributed by atoms with Gasteiger partial charge in [-0.05, 0) is 43.5 Å². The predicted molar refractivity (Wildman–Crippen MR) is 76.7 cm³/mol. The zero-order chi connectivity index (χ0) is 13.6. The van der Waals surface area contributed by atoms with Gasteiger partial charge in [0.25, 0.3) is 0 Å². The van der Waals surface area contributed by atoms with Gasteiger partial charge < -0.3 is 0 Å². The van der Waals surface area contributed by atoms with Crippen LogP contribution in [0.3, 0.4) is 0 Å². The summed E-state index contributed by atoms with van der Waals surface area (Å²) >= 11 is 3.40. The van der Waals surface area contributed by atoms with E-state index in [0.717, 1.165) is 10.0 Å². The largest absolute Gasteiger partial charge is 0.274 e. The Morgan fingerprint density at radius 3 is 2.21 bits per heavy atom. The van der Waals surface area contributed by atoms with Crippen molar-refractivity contribution >= 4 is 33.4 Å². The quantitative estimate of drug-likeness (QED) is 0.588.